The molecule has 1 aromatic carbocycles. The number of nitrogens with zero attached hydrogens (tertiary/aromatic N) is 1. The van der Waals surface area contributed by atoms with E-state index < -0.39 is 0 Å². The summed E-state index contributed by atoms with van der Waals surface area (Å²) >= 11 is 3.13. The first-order valence-electron chi connectivity index (χ1n) is 3.58. The average Bonchev–Trinajstić information content (AvgIpc) is 2.12. The Kier molecular flexibility index (Phi) is 2.79. The van der Waals surface area contributed by atoms with Gasteiger partial charge in [-0.05, 0) is 34.5 Å². The van der Waals surface area contributed by atoms with Crippen LogP contribution in [0.3, 0.4) is 0 Å². The van der Waals surface area contributed by atoms with Crippen molar-refractivity contribution >= 4 is 15.9 Å². The van der Waals surface area contributed by atoms with Crippen LogP contribution in [0.1, 0.15) is 11.1 Å². The molecule has 1 aromatic rings. The summed E-state index contributed by atoms with van der Waals surface area (Å²) in [5.74, 6) is 0.327. The highest BCUT2D eigenvalue weighted by Crippen LogP contribution is 2.38. The number of rotatable bonds is 1. The fraction of sp³-hybridized carbons (Fsp3) is 0.222. The Labute approximate surface area is 84.7 Å². The molecule has 0 aliphatic carbocycles. The number of methoxy groups -OCH3 is 1. The molecule has 68 valence electrons. The van der Waals surface area contributed by atoms with Crippen LogP contribution in [0.25, 0.3) is 0 Å². The van der Waals surface area contributed by atoms with Gasteiger partial charge in [0.15, 0.2) is 11.5 Å². The maximum Gasteiger partial charge on any atom is 0.173 e. The predicted octanol–water partition coefficient (Wildman–Crippen LogP) is 2.34. The van der Waals surface area contributed by atoms with E-state index in [1.165, 1.54) is 7.11 Å². The van der Waals surface area contributed by atoms with E-state index in [0.29, 0.717) is 15.8 Å². The second-order valence-corrected chi connectivity index (χ2v) is 3.34. The van der Waals surface area contributed by atoms with E-state index in [2.05, 4.69) is 15.9 Å². The number of aryl methyl sites for hydroxylation is 1. The normalized spacial score (nSPS) is 9.38. The molecule has 0 fully saturated rings. The van der Waals surface area contributed by atoms with Gasteiger partial charge in [0.1, 0.15) is 6.07 Å². The molecule has 0 saturated carbocycles. The molecule has 0 spiro atoms. The monoisotopic (exact) mass is 241 g/mol. The summed E-state index contributed by atoms with van der Waals surface area (Å²) in [4.78, 5) is 0. The van der Waals surface area contributed by atoms with Gasteiger partial charge in [0.2, 0.25) is 0 Å². The highest BCUT2D eigenvalue weighted by atomic mass is 79.9. The van der Waals surface area contributed by atoms with E-state index in [1.807, 2.05) is 6.07 Å². The van der Waals surface area contributed by atoms with Gasteiger partial charge in [-0.25, -0.2) is 0 Å². The van der Waals surface area contributed by atoms with E-state index in [4.69, 9.17) is 10.00 Å². The fourth-order valence-corrected chi connectivity index (χ4v) is 1.63. The number of phenols is 1. The maximum absolute atomic E-state index is 9.51. The smallest absolute Gasteiger partial charge is 0.173 e. The number of aromatic hydroxyl groups is 1. The molecule has 0 heterocycles. The van der Waals surface area contributed by atoms with Gasteiger partial charge in [0, 0.05) is 0 Å². The van der Waals surface area contributed by atoms with Gasteiger partial charge in [0.25, 0.3) is 0 Å². The van der Waals surface area contributed by atoms with Gasteiger partial charge < -0.3 is 9.84 Å². The average molecular weight is 242 g/mol. The Morgan fingerprint density at radius 1 is 1.62 bits per heavy atom. The lowest BCUT2D eigenvalue weighted by atomic mass is 10.1. The maximum atomic E-state index is 9.51. The van der Waals surface area contributed by atoms with Crippen molar-refractivity contribution in [2.45, 2.75) is 6.92 Å². The van der Waals surface area contributed by atoms with Gasteiger partial charge in [-0.1, -0.05) is 0 Å². The predicted molar refractivity (Wildman–Crippen MR) is 51.8 cm³/mol. The van der Waals surface area contributed by atoms with Crippen LogP contribution >= 0.6 is 15.9 Å². The first kappa shape index (κ1) is 9.87. The third-order valence-corrected chi connectivity index (χ3v) is 2.51. The molecule has 3 nitrogen and oxygen atoms in total. The zero-order valence-corrected chi connectivity index (χ0v) is 8.84. The van der Waals surface area contributed by atoms with Crippen LogP contribution in [0, 0.1) is 18.3 Å². The highest BCUT2D eigenvalue weighted by molar-refractivity contribution is 9.10. The van der Waals surface area contributed by atoms with Crippen molar-refractivity contribution in [3.8, 4) is 17.6 Å². The van der Waals surface area contributed by atoms with Crippen molar-refractivity contribution in [1.29, 1.82) is 5.26 Å². The Morgan fingerprint density at radius 3 is 2.69 bits per heavy atom. The molecule has 0 aliphatic heterocycles. The number of benzene rings is 1. The lowest BCUT2D eigenvalue weighted by Crippen LogP contribution is -1.90. The van der Waals surface area contributed by atoms with Crippen LogP contribution in [-0.2, 0) is 0 Å². The standard InChI is InChI=1S/C9H8BrNO2/c1-5-3-7(13-2)9(12)8(10)6(5)4-11/h3,12H,1-2H3. The molecule has 0 bridgehead atoms. The highest BCUT2D eigenvalue weighted by Gasteiger charge is 2.13. The molecule has 1 N–H and O–H groups in total. The summed E-state index contributed by atoms with van der Waals surface area (Å²) in [6.07, 6.45) is 0. The number of phenolic OH excluding ortho intramolecular Hbond substituents is 1. The summed E-state index contributed by atoms with van der Waals surface area (Å²) in [5, 5.41) is 18.3. The molecule has 1 rings (SSSR count). The second kappa shape index (κ2) is 3.67. The van der Waals surface area contributed by atoms with Crippen molar-refractivity contribution in [1.82, 2.24) is 0 Å². The minimum absolute atomic E-state index is 0.0374. The van der Waals surface area contributed by atoms with Crippen LogP contribution in [0.15, 0.2) is 10.5 Å². The summed E-state index contributed by atoms with van der Waals surface area (Å²) < 4.78 is 5.30. The zero-order chi connectivity index (χ0) is 10.0. The van der Waals surface area contributed by atoms with Crippen molar-refractivity contribution in [3.63, 3.8) is 0 Å². The third-order valence-electron chi connectivity index (χ3n) is 1.73. The van der Waals surface area contributed by atoms with Crippen LogP contribution < -0.4 is 4.74 Å². The van der Waals surface area contributed by atoms with E-state index in [-0.39, 0.29) is 5.75 Å². The SMILES string of the molecule is COc1cc(C)c(C#N)c(Br)c1O. The van der Waals surface area contributed by atoms with Gasteiger partial charge in [-0.15, -0.1) is 0 Å². The quantitative estimate of drug-likeness (QED) is 0.822. The molecule has 0 saturated heterocycles. The summed E-state index contributed by atoms with van der Waals surface area (Å²) in [6, 6.07) is 3.62. The first-order valence-corrected chi connectivity index (χ1v) is 4.37. The molecular weight excluding hydrogens is 234 g/mol. The molecular formula is C9H8BrNO2. The molecule has 0 radical (unpaired) electrons. The summed E-state index contributed by atoms with van der Waals surface area (Å²) in [6.45, 7) is 1.78. The molecule has 0 atom stereocenters. The zero-order valence-electron chi connectivity index (χ0n) is 7.26. The van der Waals surface area contributed by atoms with Crippen LogP contribution in [0.4, 0.5) is 0 Å². The van der Waals surface area contributed by atoms with E-state index >= 15 is 0 Å². The van der Waals surface area contributed by atoms with Crippen LogP contribution in [0.2, 0.25) is 0 Å². The van der Waals surface area contributed by atoms with Gasteiger partial charge >= 0.3 is 0 Å². The number of hydrogen-bond donors (Lipinski definition) is 1. The van der Waals surface area contributed by atoms with E-state index in [0.717, 1.165) is 5.56 Å². The molecule has 0 aromatic heterocycles. The Hall–Kier alpha value is -1.21. The number of nitriles is 1. The number of halogens is 1. The third kappa shape index (κ3) is 1.61. The molecule has 13 heavy (non-hydrogen) atoms. The molecule has 0 amide bonds. The molecule has 4 heteroatoms. The van der Waals surface area contributed by atoms with Crippen molar-refractivity contribution < 1.29 is 9.84 Å². The van der Waals surface area contributed by atoms with Gasteiger partial charge in [0.05, 0.1) is 17.1 Å². The molecule has 0 aliphatic rings. The van der Waals surface area contributed by atoms with Gasteiger partial charge in [-0.2, -0.15) is 5.26 Å². The lowest BCUT2D eigenvalue weighted by Gasteiger charge is -2.08. The molecule has 0 unspecified atom stereocenters. The number of ether oxygens (including phenoxy) is 1. The minimum atomic E-state index is -0.0374. The van der Waals surface area contributed by atoms with Crippen molar-refractivity contribution in [2.75, 3.05) is 7.11 Å². The summed E-state index contributed by atoms with van der Waals surface area (Å²) in [7, 11) is 1.47. The van der Waals surface area contributed by atoms with E-state index in [9.17, 15) is 5.11 Å². The Bertz CT molecular complexity index is 381. The second-order valence-electron chi connectivity index (χ2n) is 2.55. The topological polar surface area (TPSA) is 53.2 Å². The Morgan fingerprint density at radius 2 is 2.23 bits per heavy atom. The fourth-order valence-electron chi connectivity index (χ4n) is 1.03. The largest absolute Gasteiger partial charge is 0.503 e. The Balaban J connectivity index is 3.48. The first-order chi connectivity index (χ1) is 6.11. The van der Waals surface area contributed by atoms with E-state index in [1.54, 1.807) is 13.0 Å². The summed E-state index contributed by atoms with van der Waals surface area (Å²) in [5.41, 5.74) is 1.20. The van der Waals surface area contributed by atoms with Crippen molar-refractivity contribution in [2.24, 2.45) is 0 Å². The van der Waals surface area contributed by atoms with Crippen LogP contribution in [0.5, 0.6) is 11.5 Å². The number of hydrogen-bond acceptors (Lipinski definition) is 3. The van der Waals surface area contributed by atoms with Crippen LogP contribution in [-0.4, -0.2) is 12.2 Å². The van der Waals surface area contributed by atoms with Crippen molar-refractivity contribution in [3.05, 3.63) is 21.7 Å². The minimum Gasteiger partial charge on any atom is -0.503 e. The lowest BCUT2D eigenvalue weighted by molar-refractivity contribution is 0.371. The van der Waals surface area contributed by atoms with Gasteiger partial charge in [-0.3, -0.25) is 0 Å².